The SMILES string of the molecule is N[C@@]12CCN[C@]1(N)[C@@H](Oc1ccc3c(c1)CN(C1CCC(=O)NC1=O)C3=O)CC2. The lowest BCUT2D eigenvalue weighted by Crippen LogP contribution is -2.70. The fraction of sp³-hybridized carbons (Fsp3) is 0.550. The zero-order valence-corrected chi connectivity index (χ0v) is 16.1. The molecule has 1 aromatic carbocycles. The Hall–Kier alpha value is -2.49. The molecular formula is C20H25N5O4. The average Bonchev–Trinajstić information content (AvgIpc) is 3.24. The second kappa shape index (κ2) is 6.25. The molecule has 3 fully saturated rings. The summed E-state index contributed by atoms with van der Waals surface area (Å²) >= 11 is 0. The second-order valence-corrected chi connectivity index (χ2v) is 8.57. The number of ether oxygens (including phenoxy) is 1. The average molecular weight is 399 g/mol. The van der Waals surface area contributed by atoms with Crippen molar-refractivity contribution in [1.82, 2.24) is 15.5 Å². The maximum absolute atomic E-state index is 12.8. The van der Waals surface area contributed by atoms with Gasteiger partial charge in [0.1, 0.15) is 23.6 Å². The minimum atomic E-state index is -0.763. The Bertz CT molecular complexity index is 920. The molecule has 3 amide bonds. The van der Waals surface area contributed by atoms with Gasteiger partial charge in [0.05, 0.1) is 5.54 Å². The Balaban J connectivity index is 1.34. The number of carbonyl (C=O) groups is 3. The molecule has 1 aliphatic carbocycles. The van der Waals surface area contributed by atoms with Gasteiger partial charge in [-0.2, -0.15) is 0 Å². The second-order valence-electron chi connectivity index (χ2n) is 8.57. The molecular weight excluding hydrogens is 374 g/mol. The standard InChI is InChI=1S/C20H25N5O4/c21-19-6-5-15(20(19,22)23-8-7-19)29-12-1-2-13-11(9-12)10-25(18(13)28)14-3-4-16(26)24-17(14)27/h1-2,9,14-15,23H,3-8,10,21-22H2,(H,24,26,27)/t14?,15-,19-,20+/m0/s1. The number of piperidine rings is 1. The number of imide groups is 1. The van der Waals surface area contributed by atoms with Crippen LogP contribution in [-0.4, -0.2) is 52.5 Å². The van der Waals surface area contributed by atoms with Gasteiger partial charge in [0.2, 0.25) is 11.8 Å². The lowest BCUT2D eigenvalue weighted by molar-refractivity contribution is -0.136. The number of nitrogens with two attached hydrogens (primary N) is 2. The molecule has 1 unspecified atom stereocenters. The first kappa shape index (κ1) is 18.5. The topological polar surface area (TPSA) is 140 Å². The molecule has 5 rings (SSSR count). The highest BCUT2D eigenvalue weighted by Gasteiger charge is 2.60. The van der Waals surface area contributed by atoms with E-state index in [0.29, 0.717) is 24.3 Å². The summed E-state index contributed by atoms with van der Waals surface area (Å²) < 4.78 is 6.21. The first-order valence-electron chi connectivity index (χ1n) is 10.1. The third kappa shape index (κ3) is 2.68. The van der Waals surface area contributed by atoms with Gasteiger partial charge < -0.3 is 21.1 Å². The first-order chi connectivity index (χ1) is 13.8. The number of fused-ring (bicyclic) bond motifs is 2. The van der Waals surface area contributed by atoms with E-state index in [4.69, 9.17) is 16.2 Å². The minimum Gasteiger partial charge on any atom is -0.487 e. The molecule has 0 aromatic heterocycles. The molecule has 9 nitrogen and oxygen atoms in total. The molecule has 4 atom stereocenters. The van der Waals surface area contributed by atoms with Crippen molar-refractivity contribution >= 4 is 17.7 Å². The van der Waals surface area contributed by atoms with Gasteiger partial charge in [-0.1, -0.05) is 0 Å². The van der Waals surface area contributed by atoms with E-state index in [-0.39, 0.29) is 24.3 Å². The van der Waals surface area contributed by atoms with E-state index in [0.717, 1.165) is 31.4 Å². The number of rotatable bonds is 3. The van der Waals surface area contributed by atoms with Gasteiger partial charge in [-0.3, -0.25) is 25.0 Å². The van der Waals surface area contributed by atoms with Crippen molar-refractivity contribution in [2.45, 2.75) is 62.0 Å². The van der Waals surface area contributed by atoms with E-state index >= 15 is 0 Å². The van der Waals surface area contributed by atoms with Gasteiger partial charge in [0.15, 0.2) is 0 Å². The van der Waals surface area contributed by atoms with Crippen molar-refractivity contribution in [1.29, 1.82) is 0 Å². The van der Waals surface area contributed by atoms with Crippen LogP contribution in [-0.2, 0) is 16.1 Å². The van der Waals surface area contributed by atoms with Crippen LogP contribution in [0.2, 0.25) is 0 Å². The van der Waals surface area contributed by atoms with E-state index in [9.17, 15) is 14.4 Å². The summed E-state index contributed by atoms with van der Waals surface area (Å²) in [4.78, 5) is 37.9. The van der Waals surface area contributed by atoms with Crippen molar-refractivity contribution in [2.75, 3.05) is 6.54 Å². The van der Waals surface area contributed by atoms with Crippen molar-refractivity contribution < 1.29 is 19.1 Å². The van der Waals surface area contributed by atoms with Gasteiger partial charge in [0, 0.05) is 18.5 Å². The Labute approximate surface area is 168 Å². The van der Waals surface area contributed by atoms with Crippen molar-refractivity contribution in [2.24, 2.45) is 11.5 Å². The Morgan fingerprint density at radius 3 is 2.76 bits per heavy atom. The number of carbonyl (C=O) groups excluding carboxylic acids is 3. The molecule has 1 saturated carbocycles. The molecule has 154 valence electrons. The van der Waals surface area contributed by atoms with E-state index < -0.39 is 23.2 Å². The van der Waals surface area contributed by atoms with Crippen LogP contribution < -0.4 is 26.8 Å². The summed E-state index contributed by atoms with van der Waals surface area (Å²) in [7, 11) is 0. The highest BCUT2D eigenvalue weighted by Crippen LogP contribution is 2.42. The number of nitrogens with zero attached hydrogens (tertiary/aromatic N) is 1. The number of benzene rings is 1. The predicted octanol–water partition coefficient (Wildman–Crippen LogP) is -0.665. The van der Waals surface area contributed by atoms with Crippen LogP contribution in [0.25, 0.3) is 0 Å². The molecule has 2 saturated heterocycles. The van der Waals surface area contributed by atoms with E-state index in [2.05, 4.69) is 10.6 Å². The first-order valence-corrected chi connectivity index (χ1v) is 10.1. The maximum atomic E-state index is 12.8. The normalized spacial score (nSPS) is 36.2. The molecule has 3 aliphatic heterocycles. The predicted molar refractivity (Wildman–Crippen MR) is 103 cm³/mol. The third-order valence-electron chi connectivity index (χ3n) is 6.95. The molecule has 0 spiro atoms. The van der Waals surface area contributed by atoms with E-state index in [1.807, 2.05) is 6.07 Å². The lowest BCUT2D eigenvalue weighted by atomic mass is 9.89. The lowest BCUT2D eigenvalue weighted by Gasteiger charge is -2.37. The summed E-state index contributed by atoms with van der Waals surface area (Å²) in [5, 5.41) is 5.63. The van der Waals surface area contributed by atoms with Crippen molar-refractivity contribution in [3.63, 3.8) is 0 Å². The fourth-order valence-electron chi connectivity index (χ4n) is 5.20. The summed E-state index contributed by atoms with van der Waals surface area (Å²) in [6.07, 6.45) is 2.71. The summed E-state index contributed by atoms with van der Waals surface area (Å²) in [6.45, 7) is 1.08. The number of hydrogen-bond acceptors (Lipinski definition) is 7. The van der Waals surface area contributed by atoms with Gasteiger partial charge in [-0.15, -0.1) is 0 Å². The molecule has 3 heterocycles. The number of hydrogen-bond donors (Lipinski definition) is 4. The highest BCUT2D eigenvalue weighted by atomic mass is 16.5. The van der Waals surface area contributed by atoms with Crippen LogP contribution >= 0.6 is 0 Å². The highest BCUT2D eigenvalue weighted by molar-refractivity contribution is 6.05. The Kier molecular flexibility index (Phi) is 4.00. The third-order valence-corrected chi connectivity index (χ3v) is 6.95. The summed E-state index contributed by atoms with van der Waals surface area (Å²) in [5.74, 6) is -0.276. The molecule has 0 radical (unpaired) electrons. The largest absolute Gasteiger partial charge is 0.487 e. The molecule has 6 N–H and O–H groups in total. The minimum absolute atomic E-state index is 0.198. The molecule has 29 heavy (non-hydrogen) atoms. The fourth-order valence-corrected chi connectivity index (χ4v) is 5.20. The Morgan fingerprint density at radius 1 is 1.14 bits per heavy atom. The molecule has 4 aliphatic rings. The number of nitrogens with one attached hydrogen (secondary N) is 2. The molecule has 0 bridgehead atoms. The van der Waals surface area contributed by atoms with Crippen LogP contribution in [0.4, 0.5) is 0 Å². The van der Waals surface area contributed by atoms with Gasteiger partial charge in [-0.25, -0.2) is 0 Å². The summed E-state index contributed by atoms with van der Waals surface area (Å²) in [6, 6.07) is 4.71. The van der Waals surface area contributed by atoms with E-state index in [1.165, 1.54) is 4.90 Å². The smallest absolute Gasteiger partial charge is 0.255 e. The maximum Gasteiger partial charge on any atom is 0.255 e. The van der Waals surface area contributed by atoms with Gasteiger partial charge >= 0.3 is 0 Å². The van der Waals surface area contributed by atoms with Crippen LogP contribution in [0.5, 0.6) is 5.75 Å². The zero-order chi connectivity index (χ0) is 20.4. The molecule has 1 aromatic rings. The van der Waals surface area contributed by atoms with Crippen LogP contribution in [0.1, 0.15) is 48.0 Å². The summed E-state index contributed by atoms with van der Waals surface area (Å²) in [5.41, 5.74) is 13.2. The zero-order valence-electron chi connectivity index (χ0n) is 16.1. The van der Waals surface area contributed by atoms with Crippen LogP contribution in [0.15, 0.2) is 18.2 Å². The van der Waals surface area contributed by atoms with Gasteiger partial charge in [0.25, 0.3) is 5.91 Å². The van der Waals surface area contributed by atoms with Crippen molar-refractivity contribution in [3.05, 3.63) is 29.3 Å². The van der Waals surface area contributed by atoms with Crippen molar-refractivity contribution in [3.8, 4) is 5.75 Å². The van der Waals surface area contributed by atoms with Gasteiger partial charge in [-0.05, 0) is 56.0 Å². The van der Waals surface area contributed by atoms with Crippen LogP contribution in [0, 0.1) is 0 Å². The van der Waals surface area contributed by atoms with Crippen LogP contribution in [0.3, 0.4) is 0 Å². The quantitative estimate of drug-likeness (QED) is 0.495. The molecule has 9 heteroatoms. The number of amides is 3. The van der Waals surface area contributed by atoms with E-state index in [1.54, 1.807) is 12.1 Å². The monoisotopic (exact) mass is 399 g/mol. The Morgan fingerprint density at radius 2 is 1.97 bits per heavy atom.